The molecule has 0 unspecified atom stereocenters. The molecule has 0 N–H and O–H groups in total. The average molecular weight is 816 g/mol. The van der Waals surface area contributed by atoms with E-state index in [1.165, 1.54) is 71.8 Å². The molecular weight excluding hydrogens is 775 g/mol. The summed E-state index contributed by atoms with van der Waals surface area (Å²) in [4.78, 5) is 2.43. The van der Waals surface area contributed by atoms with E-state index in [4.69, 9.17) is 4.42 Å². The summed E-state index contributed by atoms with van der Waals surface area (Å²) in [7, 11) is 0. The molecule has 0 saturated carbocycles. The molecule has 0 saturated heterocycles. The number of allylic oxidation sites excluding steroid dienone is 4. The molecule has 2 nitrogen and oxygen atoms in total. The van der Waals surface area contributed by atoms with Crippen LogP contribution in [0.25, 0.3) is 93.6 Å². The van der Waals surface area contributed by atoms with E-state index in [0.717, 1.165) is 57.3 Å². The van der Waals surface area contributed by atoms with Crippen LogP contribution in [0.2, 0.25) is 0 Å². The van der Waals surface area contributed by atoms with E-state index in [1.807, 2.05) is 18.2 Å². The van der Waals surface area contributed by atoms with E-state index in [1.54, 1.807) is 0 Å². The molecule has 10 aromatic carbocycles. The lowest BCUT2D eigenvalue weighted by atomic mass is 9.92. The van der Waals surface area contributed by atoms with Gasteiger partial charge in [-0.2, -0.15) is 0 Å². The number of fused-ring (bicyclic) bond motifs is 5. The summed E-state index contributed by atoms with van der Waals surface area (Å²) >= 11 is 0. The van der Waals surface area contributed by atoms with Crippen molar-refractivity contribution in [2.24, 2.45) is 0 Å². The molecule has 0 fully saturated rings. The third kappa shape index (κ3) is 6.72. The minimum absolute atomic E-state index is 0.808. The van der Waals surface area contributed by atoms with Crippen LogP contribution in [0.3, 0.4) is 0 Å². The van der Waals surface area contributed by atoms with Gasteiger partial charge in [-0.15, -0.1) is 0 Å². The number of benzene rings is 9. The van der Waals surface area contributed by atoms with Crippen LogP contribution < -0.4 is 4.90 Å². The van der Waals surface area contributed by atoms with Gasteiger partial charge in [0.25, 0.3) is 0 Å². The molecule has 0 spiro atoms. The van der Waals surface area contributed by atoms with E-state index in [-0.39, 0.29) is 0 Å². The summed E-state index contributed by atoms with van der Waals surface area (Å²) in [6.45, 7) is 0. The van der Waals surface area contributed by atoms with Crippen LogP contribution in [0.15, 0.2) is 235 Å². The molecule has 64 heavy (non-hydrogen) atoms. The van der Waals surface area contributed by atoms with Crippen molar-refractivity contribution in [3.8, 4) is 44.5 Å². The summed E-state index contributed by atoms with van der Waals surface area (Å²) < 4.78 is 6.35. The second kappa shape index (κ2) is 15.8. The largest absolute Gasteiger partial charge is 0.455 e. The molecule has 0 radical (unpaired) electrons. The number of hydrogen-bond acceptors (Lipinski definition) is 2. The molecule has 2 heteroatoms. The number of hydrogen-bond donors (Lipinski definition) is 0. The average Bonchev–Trinajstić information content (AvgIpc) is 3.75. The fourth-order valence-electron chi connectivity index (χ4n) is 9.63. The topological polar surface area (TPSA) is 16.4 Å². The molecule has 1 aliphatic rings. The van der Waals surface area contributed by atoms with Crippen molar-refractivity contribution in [2.75, 3.05) is 4.90 Å². The molecular formula is C62H41NO. The Balaban J connectivity index is 0.924. The van der Waals surface area contributed by atoms with Crippen molar-refractivity contribution >= 4 is 60.4 Å². The van der Waals surface area contributed by atoms with Crippen LogP contribution in [0, 0.1) is 12.1 Å². The number of nitrogens with zero attached hydrogens (tertiary/aromatic N) is 1. The summed E-state index contributed by atoms with van der Waals surface area (Å²) in [6, 6.07) is 83.3. The maximum Gasteiger partial charge on any atom is 0.145 e. The molecule has 1 heterocycles. The number of anilines is 2. The van der Waals surface area contributed by atoms with Crippen LogP contribution in [-0.2, 0) is 0 Å². The van der Waals surface area contributed by atoms with Gasteiger partial charge in [-0.05, 0) is 127 Å². The number of furan rings is 1. The number of rotatable bonds is 8. The minimum Gasteiger partial charge on any atom is -0.455 e. The molecule has 1 aliphatic carbocycles. The molecule has 0 aliphatic heterocycles. The molecule has 300 valence electrons. The van der Waals surface area contributed by atoms with E-state index in [2.05, 4.69) is 223 Å². The molecule has 0 bridgehead atoms. The monoisotopic (exact) mass is 815 g/mol. The Kier molecular flexibility index (Phi) is 9.24. The first-order valence-electron chi connectivity index (χ1n) is 22.0. The van der Waals surface area contributed by atoms with E-state index in [9.17, 15) is 0 Å². The highest BCUT2D eigenvalue weighted by Gasteiger charge is 2.22. The lowest BCUT2D eigenvalue weighted by Gasteiger charge is -2.31. The smallest absolute Gasteiger partial charge is 0.145 e. The Labute approximate surface area is 373 Å². The minimum atomic E-state index is 0.808. The van der Waals surface area contributed by atoms with Gasteiger partial charge in [0, 0.05) is 27.9 Å². The zero-order valence-corrected chi connectivity index (χ0v) is 35.1. The van der Waals surface area contributed by atoms with E-state index in [0.29, 0.717) is 0 Å². The first-order valence-corrected chi connectivity index (χ1v) is 22.0. The Hall–Kier alpha value is -8.38. The molecule has 11 aromatic rings. The highest BCUT2D eigenvalue weighted by atomic mass is 16.3. The molecule has 0 amide bonds. The first-order chi connectivity index (χ1) is 31.7. The van der Waals surface area contributed by atoms with Crippen molar-refractivity contribution in [3.05, 3.63) is 248 Å². The highest BCUT2D eigenvalue weighted by molar-refractivity contribution is 6.05. The Bertz CT molecular complexity index is 3600. The Morgan fingerprint density at radius 1 is 0.391 bits per heavy atom. The first kappa shape index (κ1) is 37.4. The van der Waals surface area contributed by atoms with Gasteiger partial charge in [0.1, 0.15) is 11.2 Å². The summed E-state index contributed by atoms with van der Waals surface area (Å²) in [6.07, 6.45) is 6.42. The van der Waals surface area contributed by atoms with Crippen LogP contribution in [0.5, 0.6) is 0 Å². The third-order valence-electron chi connectivity index (χ3n) is 12.8. The standard InChI is InChI=1S/C62H41NO/c1-3-18-53-45(12-1)14-10-22-55(53)47-28-26-42(27-29-47)43-30-35-51(36-31-43)63(60-24-7-5-20-57(60)50-34-39-59-58-21-6-8-25-61(58)64-62(59)41-50)52-37-32-44(33-38-52)48-16-9-17-49(40-48)56-23-11-15-46-13-2-4-19-54(46)56/h1-30,32-33,35,37-38,40-41H,31,36H2. The van der Waals surface area contributed by atoms with Crippen LogP contribution in [0.4, 0.5) is 11.4 Å². The zero-order valence-electron chi connectivity index (χ0n) is 35.1. The summed E-state index contributed by atoms with van der Waals surface area (Å²) in [5.74, 6) is 0. The SMILES string of the molecule is c1c(-c2ccccc2N(C2=CC=C(c3ccc(-c4cccc5ccccc45)cc3)CC2)c2ccc(-c3cccc(-c4cccc5ccccc45)c3)cc2)cc2oc3ccccc3c2c#1. The zero-order chi connectivity index (χ0) is 42.4. The normalized spacial score (nSPS) is 12.6. The maximum absolute atomic E-state index is 6.35. The van der Waals surface area contributed by atoms with Crippen molar-refractivity contribution in [1.29, 1.82) is 0 Å². The lowest BCUT2D eigenvalue weighted by molar-refractivity contribution is 0.669. The van der Waals surface area contributed by atoms with Gasteiger partial charge in [0.05, 0.1) is 11.1 Å². The predicted octanol–water partition coefficient (Wildman–Crippen LogP) is 17.1. The van der Waals surface area contributed by atoms with Crippen molar-refractivity contribution in [3.63, 3.8) is 0 Å². The number of para-hydroxylation sites is 2. The van der Waals surface area contributed by atoms with Gasteiger partial charge < -0.3 is 9.32 Å². The molecule has 12 rings (SSSR count). The van der Waals surface area contributed by atoms with Crippen LogP contribution >= 0.6 is 0 Å². The van der Waals surface area contributed by atoms with Crippen molar-refractivity contribution in [1.82, 2.24) is 0 Å². The van der Waals surface area contributed by atoms with E-state index < -0.39 is 0 Å². The molecule has 1 aromatic heterocycles. The fraction of sp³-hybridized carbons (Fsp3) is 0.0323. The van der Waals surface area contributed by atoms with Crippen molar-refractivity contribution < 1.29 is 4.42 Å². The van der Waals surface area contributed by atoms with Gasteiger partial charge in [0.2, 0.25) is 0 Å². The fourth-order valence-corrected chi connectivity index (χ4v) is 9.63. The van der Waals surface area contributed by atoms with Gasteiger partial charge in [-0.1, -0.05) is 188 Å². The Morgan fingerprint density at radius 3 is 1.73 bits per heavy atom. The quantitative estimate of drug-likeness (QED) is 0.152. The van der Waals surface area contributed by atoms with Gasteiger partial charge in [0.15, 0.2) is 0 Å². The van der Waals surface area contributed by atoms with Crippen molar-refractivity contribution in [2.45, 2.75) is 12.8 Å². The second-order valence-corrected chi connectivity index (χ2v) is 16.6. The predicted molar refractivity (Wildman–Crippen MR) is 268 cm³/mol. The third-order valence-corrected chi connectivity index (χ3v) is 12.8. The summed E-state index contributed by atoms with van der Waals surface area (Å²) in [5.41, 5.74) is 17.0. The van der Waals surface area contributed by atoms with Gasteiger partial charge in [-0.25, -0.2) is 0 Å². The lowest BCUT2D eigenvalue weighted by Crippen LogP contribution is -2.18. The van der Waals surface area contributed by atoms with Crippen LogP contribution in [0.1, 0.15) is 18.4 Å². The maximum atomic E-state index is 6.35. The van der Waals surface area contributed by atoms with Gasteiger partial charge >= 0.3 is 0 Å². The molecule has 0 atom stereocenters. The van der Waals surface area contributed by atoms with Crippen LogP contribution in [-0.4, -0.2) is 0 Å². The van der Waals surface area contributed by atoms with Gasteiger partial charge in [-0.3, -0.25) is 0 Å². The Morgan fingerprint density at radius 2 is 0.984 bits per heavy atom. The second-order valence-electron chi connectivity index (χ2n) is 16.6. The van der Waals surface area contributed by atoms with E-state index >= 15 is 0 Å². The highest BCUT2D eigenvalue weighted by Crippen LogP contribution is 2.43. The summed E-state index contributed by atoms with van der Waals surface area (Å²) in [5, 5.41) is 7.05.